The summed E-state index contributed by atoms with van der Waals surface area (Å²) < 4.78 is 1.96. The molecule has 1 atom stereocenters. The second-order valence-electron chi connectivity index (χ2n) is 4.50. The highest BCUT2D eigenvalue weighted by Gasteiger charge is 2.20. The lowest BCUT2D eigenvalue weighted by Gasteiger charge is -2.17. The molecule has 1 aliphatic heterocycles. The van der Waals surface area contributed by atoms with Crippen LogP contribution in [0.2, 0.25) is 0 Å². The van der Waals surface area contributed by atoms with Crippen LogP contribution < -0.4 is 5.32 Å². The number of aromatic nitrogens is 2. The lowest BCUT2D eigenvalue weighted by molar-refractivity contribution is -0.130. The molecule has 0 radical (unpaired) electrons. The fraction of sp³-hybridized carbons (Fsp3) is 0.667. The van der Waals surface area contributed by atoms with Gasteiger partial charge in [0.05, 0.1) is 12.0 Å². The maximum absolute atomic E-state index is 11.9. The maximum atomic E-state index is 11.9. The van der Waals surface area contributed by atoms with Crippen molar-refractivity contribution in [2.75, 3.05) is 20.1 Å². The Bertz CT molecular complexity index is 382. The predicted octanol–water partition coefficient (Wildman–Crippen LogP) is 0.786. The van der Waals surface area contributed by atoms with Gasteiger partial charge in [-0.3, -0.25) is 4.79 Å². The number of carbonyl (C=O) groups is 1. The fourth-order valence-corrected chi connectivity index (χ4v) is 2.13. The van der Waals surface area contributed by atoms with Crippen LogP contribution in [-0.2, 0) is 11.3 Å². The monoisotopic (exact) mass is 236 g/mol. The van der Waals surface area contributed by atoms with E-state index in [0.717, 1.165) is 25.2 Å². The second-order valence-corrected chi connectivity index (χ2v) is 4.50. The molecule has 0 aromatic carbocycles. The molecule has 0 spiro atoms. The predicted molar refractivity (Wildman–Crippen MR) is 65.5 cm³/mol. The van der Waals surface area contributed by atoms with Crippen LogP contribution in [0.5, 0.6) is 0 Å². The van der Waals surface area contributed by atoms with Gasteiger partial charge in [0.15, 0.2) is 0 Å². The number of rotatable bonds is 4. The van der Waals surface area contributed by atoms with Crippen molar-refractivity contribution in [1.29, 1.82) is 0 Å². The number of nitrogens with zero attached hydrogens (tertiary/aromatic N) is 3. The zero-order chi connectivity index (χ0) is 12.3. The molecule has 1 aromatic heterocycles. The Morgan fingerprint density at radius 1 is 1.71 bits per heavy atom. The number of likely N-dealkylation sites (N-methyl/N-ethyl adjacent to an activating group) is 1. The smallest absolute Gasteiger partial charge is 0.242 e. The van der Waals surface area contributed by atoms with Gasteiger partial charge >= 0.3 is 0 Å². The first-order chi connectivity index (χ1) is 8.22. The molecule has 1 saturated heterocycles. The Balaban J connectivity index is 2.06. The average molecular weight is 236 g/mol. The van der Waals surface area contributed by atoms with Crippen molar-refractivity contribution in [3.8, 4) is 0 Å². The minimum atomic E-state index is 0.129. The van der Waals surface area contributed by atoms with E-state index >= 15 is 0 Å². The zero-order valence-corrected chi connectivity index (χ0v) is 10.5. The largest absolute Gasteiger partial charge is 0.344 e. The number of imidazole rings is 1. The third-order valence-corrected chi connectivity index (χ3v) is 3.37. The van der Waals surface area contributed by atoms with Crippen LogP contribution in [-0.4, -0.2) is 40.5 Å². The molecule has 5 nitrogen and oxygen atoms in total. The highest BCUT2D eigenvalue weighted by atomic mass is 16.2. The van der Waals surface area contributed by atoms with Crippen LogP contribution in [0.15, 0.2) is 12.5 Å². The first-order valence-corrected chi connectivity index (χ1v) is 6.19. The van der Waals surface area contributed by atoms with Gasteiger partial charge in [0, 0.05) is 25.8 Å². The molecule has 1 N–H and O–H groups in total. The van der Waals surface area contributed by atoms with Crippen LogP contribution in [0.25, 0.3) is 0 Å². The Morgan fingerprint density at radius 3 is 3.18 bits per heavy atom. The SMILES string of the molecule is CCN(C)C(=O)Cn1cncc1[C@@H]1CCCN1. The lowest BCUT2D eigenvalue weighted by atomic mass is 10.2. The maximum Gasteiger partial charge on any atom is 0.242 e. The molecule has 5 heteroatoms. The average Bonchev–Trinajstić information content (AvgIpc) is 2.97. The minimum Gasteiger partial charge on any atom is -0.344 e. The fourth-order valence-electron chi connectivity index (χ4n) is 2.13. The summed E-state index contributed by atoms with van der Waals surface area (Å²) in [4.78, 5) is 17.8. The standard InChI is InChI=1S/C12H20N4O/c1-3-15(2)12(17)8-16-9-13-7-11(16)10-5-4-6-14-10/h7,9-10,14H,3-6,8H2,1-2H3/t10-/m0/s1. The quantitative estimate of drug-likeness (QED) is 0.840. The van der Waals surface area contributed by atoms with Gasteiger partial charge in [-0.25, -0.2) is 4.98 Å². The van der Waals surface area contributed by atoms with Gasteiger partial charge in [0.2, 0.25) is 5.91 Å². The molecule has 17 heavy (non-hydrogen) atoms. The summed E-state index contributed by atoms with van der Waals surface area (Å²) in [5, 5.41) is 3.43. The van der Waals surface area contributed by atoms with E-state index in [-0.39, 0.29) is 5.91 Å². The Kier molecular flexibility index (Phi) is 3.78. The summed E-state index contributed by atoms with van der Waals surface area (Å²) in [5.74, 6) is 0.129. The molecule has 1 aliphatic rings. The van der Waals surface area contributed by atoms with E-state index < -0.39 is 0 Å². The first kappa shape index (κ1) is 12.1. The van der Waals surface area contributed by atoms with Crippen LogP contribution in [0.1, 0.15) is 31.5 Å². The van der Waals surface area contributed by atoms with Gasteiger partial charge in [0.25, 0.3) is 0 Å². The summed E-state index contributed by atoms with van der Waals surface area (Å²) in [6.07, 6.45) is 5.93. The molecule has 1 aromatic rings. The van der Waals surface area contributed by atoms with Crippen molar-refractivity contribution in [3.63, 3.8) is 0 Å². The van der Waals surface area contributed by atoms with Crippen molar-refractivity contribution >= 4 is 5.91 Å². The molecule has 1 amide bonds. The van der Waals surface area contributed by atoms with E-state index in [1.807, 2.05) is 24.7 Å². The minimum absolute atomic E-state index is 0.129. The second kappa shape index (κ2) is 5.31. The summed E-state index contributed by atoms with van der Waals surface area (Å²) in [6.45, 7) is 4.16. The molecule has 94 valence electrons. The number of hydrogen-bond acceptors (Lipinski definition) is 3. The third kappa shape index (κ3) is 2.66. The van der Waals surface area contributed by atoms with Crippen LogP contribution in [0.4, 0.5) is 0 Å². The van der Waals surface area contributed by atoms with Crippen molar-refractivity contribution in [2.45, 2.75) is 32.4 Å². The van der Waals surface area contributed by atoms with E-state index in [4.69, 9.17) is 0 Å². The Morgan fingerprint density at radius 2 is 2.53 bits per heavy atom. The van der Waals surface area contributed by atoms with Crippen LogP contribution in [0.3, 0.4) is 0 Å². The Hall–Kier alpha value is -1.36. The topological polar surface area (TPSA) is 50.2 Å². The van der Waals surface area contributed by atoms with E-state index in [1.165, 1.54) is 6.42 Å². The highest BCUT2D eigenvalue weighted by Crippen LogP contribution is 2.22. The Labute approximate surface area is 102 Å². The third-order valence-electron chi connectivity index (χ3n) is 3.37. The molecule has 2 rings (SSSR count). The highest BCUT2D eigenvalue weighted by molar-refractivity contribution is 5.75. The van der Waals surface area contributed by atoms with E-state index in [0.29, 0.717) is 12.6 Å². The number of hydrogen-bond donors (Lipinski definition) is 1. The van der Waals surface area contributed by atoms with Gasteiger partial charge in [0.1, 0.15) is 6.54 Å². The van der Waals surface area contributed by atoms with E-state index in [1.54, 1.807) is 11.2 Å². The molecular weight excluding hydrogens is 216 g/mol. The first-order valence-electron chi connectivity index (χ1n) is 6.19. The summed E-state index contributed by atoms with van der Waals surface area (Å²) in [6, 6.07) is 0.359. The van der Waals surface area contributed by atoms with Gasteiger partial charge < -0.3 is 14.8 Å². The van der Waals surface area contributed by atoms with Gasteiger partial charge in [-0.2, -0.15) is 0 Å². The molecule has 0 saturated carbocycles. The lowest BCUT2D eigenvalue weighted by Crippen LogP contribution is -2.30. The molecular formula is C12H20N4O. The van der Waals surface area contributed by atoms with Crippen molar-refractivity contribution in [3.05, 3.63) is 18.2 Å². The van der Waals surface area contributed by atoms with Crippen molar-refractivity contribution in [2.24, 2.45) is 0 Å². The summed E-state index contributed by atoms with van der Waals surface area (Å²) in [5.41, 5.74) is 1.13. The van der Waals surface area contributed by atoms with Gasteiger partial charge in [-0.05, 0) is 26.3 Å². The zero-order valence-electron chi connectivity index (χ0n) is 10.5. The molecule has 2 heterocycles. The summed E-state index contributed by atoms with van der Waals surface area (Å²) >= 11 is 0. The normalized spacial score (nSPS) is 19.5. The van der Waals surface area contributed by atoms with E-state index in [2.05, 4.69) is 10.3 Å². The molecule has 0 aliphatic carbocycles. The molecule has 0 bridgehead atoms. The van der Waals surface area contributed by atoms with Crippen LogP contribution in [0, 0.1) is 0 Å². The summed E-state index contributed by atoms with van der Waals surface area (Å²) in [7, 11) is 1.83. The van der Waals surface area contributed by atoms with Crippen molar-refractivity contribution < 1.29 is 4.79 Å². The van der Waals surface area contributed by atoms with Gasteiger partial charge in [-0.15, -0.1) is 0 Å². The van der Waals surface area contributed by atoms with Gasteiger partial charge in [-0.1, -0.05) is 0 Å². The van der Waals surface area contributed by atoms with E-state index in [9.17, 15) is 4.79 Å². The number of carbonyl (C=O) groups excluding carboxylic acids is 1. The van der Waals surface area contributed by atoms with Crippen LogP contribution >= 0.6 is 0 Å². The molecule has 1 fully saturated rings. The van der Waals surface area contributed by atoms with Crippen molar-refractivity contribution in [1.82, 2.24) is 19.8 Å². The number of amides is 1. The number of nitrogens with one attached hydrogen (secondary N) is 1. The molecule has 0 unspecified atom stereocenters.